The molecule has 0 spiro atoms. The summed E-state index contributed by atoms with van der Waals surface area (Å²) in [5, 5.41) is 12.0. The molecule has 0 aliphatic heterocycles. The Kier molecular flexibility index (Phi) is 3.34. The number of aromatic nitrogens is 1. The molecule has 2 rings (SSSR count). The van der Waals surface area contributed by atoms with Gasteiger partial charge in [0.05, 0.1) is 21.6 Å². The first-order valence-electron chi connectivity index (χ1n) is 5.38. The van der Waals surface area contributed by atoms with Crippen LogP contribution in [0.2, 0.25) is 5.02 Å². The lowest BCUT2D eigenvalue weighted by Crippen LogP contribution is -2.07. The van der Waals surface area contributed by atoms with Gasteiger partial charge in [-0.25, -0.2) is 0 Å². The second-order valence-electron chi connectivity index (χ2n) is 4.05. The molecule has 5 nitrogen and oxygen atoms in total. The molecule has 0 atom stereocenters. The van der Waals surface area contributed by atoms with Gasteiger partial charge in [0.15, 0.2) is 5.75 Å². The number of hydrogen-bond acceptors (Lipinski definition) is 4. The van der Waals surface area contributed by atoms with E-state index in [1.54, 1.807) is 32.2 Å². The van der Waals surface area contributed by atoms with E-state index in [0.717, 1.165) is 0 Å². The molecular weight excluding hydrogens is 256 g/mol. The van der Waals surface area contributed by atoms with Gasteiger partial charge in [0.25, 0.3) is 0 Å². The molecule has 0 radical (unpaired) electrons. The smallest absolute Gasteiger partial charge is 0.311 e. The number of halogens is 1. The molecule has 0 fully saturated rings. The van der Waals surface area contributed by atoms with Crippen LogP contribution in [0.4, 0.5) is 5.69 Å². The Morgan fingerprint density at radius 3 is 2.78 bits per heavy atom. The van der Waals surface area contributed by atoms with E-state index in [0.29, 0.717) is 15.9 Å². The van der Waals surface area contributed by atoms with Crippen LogP contribution >= 0.6 is 11.6 Å². The van der Waals surface area contributed by atoms with Gasteiger partial charge in [-0.1, -0.05) is 11.6 Å². The van der Waals surface area contributed by atoms with Gasteiger partial charge in [-0.2, -0.15) is 0 Å². The van der Waals surface area contributed by atoms with Crippen LogP contribution in [-0.2, 0) is 0 Å². The number of rotatable bonds is 3. The van der Waals surface area contributed by atoms with Gasteiger partial charge >= 0.3 is 5.69 Å². The zero-order valence-corrected chi connectivity index (χ0v) is 10.6. The van der Waals surface area contributed by atoms with Crippen LogP contribution in [-0.4, -0.2) is 16.0 Å². The van der Waals surface area contributed by atoms with E-state index >= 15 is 0 Å². The van der Waals surface area contributed by atoms with Crippen molar-refractivity contribution in [2.45, 2.75) is 20.0 Å². The fraction of sp³-hybridized carbons (Fsp3) is 0.250. The highest BCUT2D eigenvalue weighted by Crippen LogP contribution is 2.34. The molecule has 0 aliphatic carbocycles. The number of hydrogen-bond donors (Lipinski definition) is 0. The van der Waals surface area contributed by atoms with Gasteiger partial charge in [-0.3, -0.25) is 15.1 Å². The van der Waals surface area contributed by atoms with E-state index in [1.807, 2.05) is 0 Å². The zero-order chi connectivity index (χ0) is 13.3. The molecule has 94 valence electrons. The number of benzene rings is 1. The Balaban J connectivity index is 2.68. The Labute approximate surface area is 108 Å². The van der Waals surface area contributed by atoms with E-state index in [9.17, 15) is 10.1 Å². The summed E-state index contributed by atoms with van der Waals surface area (Å²) >= 11 is 5.99. The van der Waals surface area contributed by atoms with Gasteiger partial charge in [0.2, 0.25) is 0 Å². The summed E-state index contributed by atoms with van der Waals surface area (Å²) < 4.78 is 5.43. The minimum Gasteiger partial charge on any atom is -0.484 e. The molecular formula is C12H11ClN2O3. The highest BCUT2D eigenvalue weighted by Gasteiger charge is 2.19. The monoisotopic (exact) mass is 266 g/mol. The predicted molar refractivity (Wildman–Crippen MR) is 69.2 cm³/mol. The average Bonchev–Trinajstić information content (AvgIpc) is 2.27. The number of pyridine rings is 1. The van der Waals surface area contributed by atoms with Crippen LogP contribution in [0.25, 0.3) is 10.9 Å². The fourth-order valence-electron chi connectivity index (χ4n) is 1.62. The summed E-state index contributed by atoms with van der Waals surface area (Å²) in [5.41, 5.74) is 0.467. The topological polar surface area (TPSA) is 65.3 Å². The molecule has 0 saturated carbocycles. The van der Waals surface area contributed by atoms with Gasteiger partial charge in [-0.05, 0) is 19.9 Å². The summed E-state index contributed by atoms with van der Waals surface area (Å²) in [4.78, 5) is 14.7. The lowest BCUT2D eigenvalue weighted by molar-refractivity contribution is -0.385. The average molecular weight is 267 g/mol. The van der Waals surface area contributed by atoms with Crippen molar-refractivity contribution in [3.05, 3.63) is 39.5 Å². The molecule has 0 bridgehead atoms. The molecule has 2 aromatic rings. The zero-order valence-electron chi connectivity index (χ0n) is 9.88. The van der Waals surface area contributed by atoms with Gasteiger partial charge in [-0.15, -0.1) is 0 Å². The number of nitrogens with zero attached hydrogens (tertiary/aromatic N) is 2. The molecule has 0 unspecified atom stereocenters. The van der Waals surface area contributed by atoms with Crippen molar-refractivity contribution in [2.24, 2.45) is 0 Å². The van der Waals surface area contributed by atoms with Crippen LogP contribution in [0.3, 0.4) is 0 Å². The summed E-state index contributed by atoms with van der Waals surface area (Å²) in [6, 6.07) is 4.53. The SMILES string of the molecule is CC(C)Oc1cc2nccc(Cl)c2cc1[N+](=O)[O-]. The van der Waals surface area contributed by atoms with Crippen molar-refractivity contribution < 1.29 is 9.66 Å². The molecule has 0 saturated heterocycles. The van der Waals surface area contributed by atoms with Crippen molar-refractivity contribution in [1.82, 2.24) is 4.98 Å². The first kappa shape index (κ1) is 12.6. The Hall–Kier alpha value is -1.88. The molecule has 0 aliphatic rings. The van der Waals surface area contributed by atoms with Crippen LogP contribution < -0.4 is 4.74 Å². The molecule has 0 amide bonds. The van der Waals surface area contributed by atoms with E-state index in [2.05, 4.69) is 4.98 Å². The third-order valence-corrected chi connectivity index (χ3v) is 2.66. The summed E-state index contributed by atoms with van der Waals surface area (Å²) in [5.74, 6) is 0.206. The number of ether oxygens (including phenoxy) is 1. The van der Waals surface area contributed by atoms with Crippen molar-refractivity contribution in [3.8, 4) is 5.75 Å². The van der Waals surface area contributed by atoms with E-state index < -0.39 is 4.92 Å². The Bertz CT molecular complexity index is 614. The predicted octanol–water partition coefficient (Wildman–Crippen LogP) is 3.58. The minimum atomic E-state index is -0.486. The summed E-state index contributed by atoms with van der Waals surface area (Å²) in [6.45, 7) is 3.61. The lowest BCUT2D eigenvalue weighted by atomic mass is 10.2. The fourth-order valence-corrected chi connectivity index (χ4v) is 1.83. The molecule has 1 aromatic carbocycles. The third kappa shape index (κ3) is 2.36. The number of nitro groups is 1. The summed E-state index contributed by atoms with van der Waals surface area (Å²) in [7, 11) is 0. The van der Waals surface area contributed by atoms with Crippen molar-refractivity contribution in [1.29, 1.82) is 0 Å². The summed E-state index contributed by atoms with van der Waals surface area (Å²) in [6.07, 6.45) is 1.40. The largest absolute Gasteiger partial charge is 0.484 e. The highest BCUT2D eigenvalue weighted by molar-refractivity contribution is 6.35. The maximum Gasteiger partial charge on any atom is 0.311 e. The van der Waals surface area contributed by atoms with Gasteiger partial charge in [0, 0.05) is 23.7 Å². The van der Waals surface area contributed by atoms with E-state index in [4.69, 9.17) is 16.3 Å². The van der Waals surface area contributed by atoms with E-state index in [-0.39, 0.29) is 17.5 Å². The molecule has 1 heterocycles. The second-order valence-corrected chi connectivity index (χ2v) is 4.46. The highest BCUT2D eigenvalue weighted by atomic mass is 35.5. The standard InChI is InChI=1S/C12H11ClN2O3/c1-7(2)18-12-6-10-8(5-11(12)15(16)17)9(13)3-4-14-10/h3-7H,1-2H3. The molecule has 1 aromatic heterocycles. The van der Waals surface area contributed by atoms with Crippen LogP contribution in [0, 0.1) is 10.1 Å². The van der Waals surface area contributed by atoms with Crippen LogP contribution in [0.1, 0.15) is 13.8 Å². The molecule has 0 N–H and O–H groups in total. The molecule has 6 heteroatoms. The Morgan fingerprint density at radius 1 is 1.44 bits per heavy atom. The Morgan fingerprint density at radius 2 is 2.17 bits per heavy atom. The van der Waals surface area contributed by atoms with Gasteiger partial charge in [0.1, 0.15) is 0 Å². The van der Waals surface area contributed by atoms with Crippen LogP contribution in [0.5, 0.6) is 5.75 Å². The quantitative estimate of drug-likeness (QED) is 0.629. The third-order valence-electron chi connectivity index (χ3n) is 2.33. The number of nitro benzene ring substituents is 1. The number of fused-ring (bicyclic) bond motifs is 1. The maximum absolute atomic E-state index is 11.0. The maximum atomic E-state index is 11.0. The van der Waals surface area contributed by atoms with E-state index in [1.165, 1.54) is 6.07 Å². The normalized spacial score (nSPS) is 10.9. The van der Waals surface area contributed by atoms with Crippen molar-refractivity contribution in [3.63, 3.8) is 0 Å². The van der Waals surface area contributed by atoms with Gasteiger partial charge < -0.3 is 4.74 Å². The van der Waals surface area contributed by atoms with Crippen molar-refractivity contribution in [2.75, 3.05) is 0 Å². The lowest BCUT2D eigenvalue weighted by Gasteiger charge is -2.10. The second kappa shape index (κ2) is 4.78. The first-order valence-corrected chi connectivity index (χ1v) is 5.76. The van der Waals surface area contributed by atoms with Crippen LogP contribution in [0.15, 0.2) is 24.4 Å². The first-order chi connectivity index (χ1) is 8.49. The molecule has 18 heavy (non-hydrogen) atoms. The van der Waals surface area contributed by atoms with Crippen molar-refractivity contribution >= 4 is 28.2 Å². The minimum absolute atomic E-state index is 0.105.